The highest BCUT2D eigenvalue weighted by atomic mass is 16.5. The van der Waals surface area contributed by atoms with E-state index in [0.717, 1.165) is 22.3 Å². The zero-order valence-corrected chi connectivity index (χ0v) is 22.0. The largest absolute Gasteiger partial charge is 0.497 e. The first-order chi connectivity index (χ1) is 19.5. The molecule has 1 fully saturated rings. The number of nitrogens with one attached hydrogen (secondary N) is 1. The Morgan fingerprint density at radius 3 is 1.70 bits per heavy atom. The number of imide groups is 1. The van der Waals surface area contributed by atoms with Gasteiger partial charge in [-0.3, -0.25) is 14.4 Å². The molecule has 198 valence electrons. The van der Waals surface area contributed by atoms with E-state index in [4.69, 9.17) is 9.47 Å². The topological polar surface area (TPSA) is 84.9 Å². The highest BCUT2D eigenvalue weighted by Crippen LogP contribution is 2.61. The highest BCUT2D eigenvalue weighted by Gasteiger charge is 2.61. The fraction of sp³-hybridized carbons (Fsp3) is 0.182. The Balaban J connectivity index is 1.18. The zero-order valence-electron chi connectivity index (χ0n) is 22.0. The van der Waals surface area contributed by atoms with Crippen molar-refractivity contribution in [3.05, 3.63) is 119 Å². The van der Waals surface area contributed by atoms with Gasteiger partial charge in [-0.2, -0.15) is 0 Å². The van der Waals surface area contributed by atoms with Gasteiger partial charge >= 0.3 is 0 Å². The average Bonchev–Trinajstić information content (AvgIpc) is 3.27. The maximum Gasteiger partial charge on any atom is 0.255 e. The second-order valence-electron chi connectivity index (χ2n) is 10.3. The summed E-state index contributed by atoms with van der Waals surface area (Å²) in [6.07, 6.45) is 0. The van der Waals surface area contributed by atoms with Gasteiger partial charge < -0.3 is 14.8 Å². The van der Waals surface area contributed by atoms with Crippen LogP contribution in [0.2, 0.25) is 0 Å². The number of anilines is 2. The fourth-order valence-corrected chi connectivity index (χ4v) is 6.79. The molecule has 4 aromatic rings. The molecule has 0 saturated carbocycles. The average molecular weight is 531 g/mol. The minimum atomic E-state index is -0.451. The van der Waals surface area contributed by atoms with Gasteiger partial charge in [0.15, 0.2) is 0 Å². The molecule has 40 heavy (non-hydrogen) atoms. The van der Waals surface area contributed by atoms with Gasteiger partial charge in [-0.05, 0) is 58.7 Å². The summed E-state index contributed by atoms with van der Waals surface area (Å²) >= 11 is 0. The van der Waals surface area contributed by atoms with Crippen LogP contribution in [0.25, 0.3) is 0 Å². The molecule has 1 heterocycles. The Kier molecular flexibility index (Phi) is 5.49. The lowest BCUT2D eigenvalue weighted by Crippen LogP contribution is -2.41. The fourth-order valence-electron chi connectivity index (χ4n) is 6.79. The quantitative estimate of drug-likeness (QED) is 0.352. The van der Waals surface area contributed by atoms with Gasteiger partial charge in [0.1, 0.15) is 11.5 Å². The SMILES string of the molecule is COc1ccc(NC(=O)c2ccc(N3C(=O)[C@@H]4C5c6ccccc6C(c6ccccc65)[C@@H]4C3=O)cc2)c(OC)c1. The molecule has 3 aliphatic carbocycles. The van der Waals surface area contributed by atoms with E-state index in [1.807, 2.05) is 24.3 Å². The number of carbonyl (C=O) groups is 3. The molecular formula is C33H26N2O5. The number of amides is 3. The number of carbonyl (C=O) groups excluding carboxylic acids is 3. The Morgan fingerprint density at radius 2 is 1.23 bits per heavy atom. The van der Waals surface area contributed by atoms with Gasteiger partial charge in [-0.25, -0.2) is 4.90 Å². The minimum Gasteiger partial charge on any atom is -0.497 e. The van der Waals surface area contributed by atoms with Crippen molar-refractivity contribution in [1.29, 1.82) is 0 Å². The lowest BCUT2D eigenvalue weighted by atomic mass is 9.55. The molecule has 1 N–H and O–H groups in total. The standard InChI is InChI=1S/C33H26N2O5/c1-39-20-15-16-25(26(17-20)40-2)34-31(36)18-11-13-19(14-12-18)35-32(37)29-27-21-7-3-4-8-22(21)28(30(29)33(35)38)24-10-6-5-9-23(24)27/h3-17,27-30H,1-2H3,(H,34,36)/t27?,28?,29-,30+. The summed E-state index contributed by atoms with van der Waals surface area (Å²) in [6, 6.07) is 28.1. The normalized spacial score (nSPS) is 21.9. The Morgan fingerprint density at radius 1 is 0.700 bits per heavy atom. The van der Waals surface area contributed by atoms with Crippen molar-refractivity contribution in [2.75, 3.05) is 24.4 Å². The Labute approximate surface area is 231 Å². The molecule has 0 aromatic heterocycles. The predicted molar refractivity (Wildman–Crippen MR) is 150 cm³/mol. The van der Waals surface area contributed by atoms with E-state index in [1.54, 1.807) is 49.6 Å². The van der Waals surface area contributed by atoms with Crippen LogP contribution < -0.4 is 19.7 Å². The van der Waals surface area contributed by atoms with Gasteiger partial charge in [-0.1, -0.05) is 48.5 Å². The number of benzene rings is 4. The number of rotatable bonds is 5. The maximum absolute atomic E-state index is 13.9. The van der Waals surface area contributed by atoms with E-state index in [1.165, 1.54) is 12.0 Å². The third kappa shape index (κ3) is 3.40. The van der Waals surface area contributed by atoms with E-state index in [0.29, 0.717) is 28.4 Å². The molecule has 1 aliphatic heterocycles. The summed E-state index contributed by atoms with van der Waals surface area (Å²) in [5, 5.41) is 2.85. The summed E-state index contributed by atoms with van der Waals surface area (Å²) in [4.78, 5) is 42.2. The molecule has 4 aromatic carbocycles. The van der Waals surface area contributed by atoms with Crippen molar-refractivity contribution in [2.24, 2.45) is 11.8 Å². The van der Waals surface area contributed by atoms with Gasteiger partial charge in [-0.15, -0.1) is 0 Å². The van der Waals surface area contributed by atoms with Crippen LogP contribution in [-0.2, 0) is 9.59 Å². The van der Waals surface area contributed by atoms with E-state index >= 15 is 0 Å². The lowest BCUT2D eigenvalue weighted by molar-refractivity contribution is -0.122. The van der Waals surface area contributed by atoms with Gasteiger partial charge in [0.25, 0.3) is 5.91 Å². The molecule has 0 radical (unpaired) electrons. The van der Waals surface area contributed by atoms with Crippen LogP contribution in [0.5, 0.6) is 11.5 Å². The number of hydrogen-bond acceptors (Lipinski definition) is 5. The van der Waals surface area contributed by atoms with Crippen molar-refractivity contribution in [1.82, 2.24) is 0 Å². The molecule has 7 nitrogen and oxygen atoms in total. The smallest absolute Gasteiger partial charge is 0.255 e. The number of methoxy groups -OCH3 is 2. The van der Waals surface area contributed by atoms with Crippen LogP contribution in [0.3, 0.4) is 0 Å². The summed E-state index contributed by atoms with van der Waals surface area (Å²) in [6.45, 7) is 0. The van der Waals surface area contributed by atoms with Crippen molar-refractivity contribution >= 4 is 29.1 Å². The zero-order chi connectivity index (χ0) is 27.5. The van der Waals surface area contributed by atoms with Crippen LogP contribution in [0.15, 0.2) is 91.0 Å². The molecule has 4 aliphatic rings. The number of hydrogen-bond donors (Lipinski definition) is 1. The second kappa shape index (κ2) is 9.09. The molecule has 2 atom stereocenters. The van der Waals surface area contributed by atoms with Gasteiger partial charge in [0.2, 0.25) is 11.8 Å². The summed E-state index contributed by atoms with van der Waals surface area (Å²) < 4.78 is 10.6. The molecule has 8 rings (SSSR count). The van der Waals surface area contributed by atoms with Crippen molar-refractivity contribution in [3.63, 3.8) is 0 Å². The summed E-state index contributed by atoms with van der Waals surface area (Å²) in [5.74, 6) is -0.853. The molecule has 0 unspecified atom stereocenters. The Bertz CT molecular complexity index is 1580. The second-order valence-corrected chi connectivity index (χ2v) is 10.3. The highest BCUT2D eigenvalue weighted by molar-refractivity contribution is 6.23. The first kappa shape index (κ1) is 24.2. The molecule has 0 spiro atoms. The van der Waals surface area contributed by atoms with Crippen LogP contribution in [-0.4, -0.2) is 31.9 Å². The molecular weight excluding hydrogens is 504 g/mol. The minimum absolute atomic E-state index is 0.159. The molecule has 7 heteroatoms. The van der Waals surface area contributed by atoms with E-state index in [2.05, 4.69) is 29.6 Å². The van der Waals surface area contributed by atoms with Crippen molar-refractivity contribution in [2.45, 2.75) is 11.8 Å². The van der Waals surface area contributed by atoms with Gasteiger partial charge in [0.05, 0.1) is 37.4 Å². The lowest BCUT2D eigenvalue weighted by Gasteiger charge is -2.45. The molecule has 3 amide bonds. The summed E-state index contributed by atoms with van der Waals surface area (Å²) in [7, 11) is 3.08. The van der Waals surface area contributed by atoms with Crippen LogP contribution in [0.1, 0.15) is 44.4 Å². The van der Waals surface area contributed by atoms with Crippen LogP contribution >= 0.6 is 0 Å². The third-order valence-electron chi connectivity index (χ3n) is 8.49. The number of ether oxygens (including phenoxy) is 2. The molecule has 1 saturated heterocycles. The predicted octanol–water partition coefficient (Wildman–Crippen LogP) is 5.35. The number of nitrogens with zero attached hydrogens (tertiary/aromatic N) is 1. The van der Waals surface area contributed by atoms with E-state index in [9.17, 15) is 14.4 Å². The Hall–Kier alpha value is -4.91. The molecule has 2 bridgehead atoms. The van der Waals surface area contributed by atoms with Crippen molar-refractivity contribution < 1.29 is 23.9 Å². The monoisotopic (exact) mass is 530 g/mol. The van der Waals surface area contributed by atoms with Crippen molar-refractivity contribution in [3.8, 4) is 11.5 Å². The van der Waals surface area contributed by atoms with Crippen LogP contribution in [0.4, 0.5) is 11.4 Å². The maximum atomic E-state index is 13.9. The van der Waals surface area contributed by atoms with E-state index in [-0.39, 0.29) is 29.6 Å². The van der Waals surface area contributed by atoms with E-state index < -0.39 is 11.8 Å². The first-order valence-corrected chi connectivity index (χ1v) is 13.2. The summed E-state index contributed by atoms with van der Waals surface area (Å²) in [5.41, 5.74) is 5.90. The first-order valence-electron chi connectivity index (χ1n) is 13.2. The van der Waals surface area contributed by atoms with Crippen LogP contribution in [0, 0.1) is 11.8 Å². The van der Waals surface area contributed by atoms with Gasteiger partial charge in [0, 0.05) is 23.5 Å². The third-order valence-corrected chi connectivity index (χ3v) is 8.49.